The Kier molecular flexibility index (Phi) is 3.74. The largest absolute Gasteiger partial charge is 0.454 e. The summed E-state index contributed by atoms with van der Waals surface area (Å²) in [7, 11) is 0. The van der Waals surface area contributed by atoms with Gasteiger partial charge in [-0.05, 0) is 30.3 Å². The number of halogens is 2. The molecule has 0 aliphatic carbocycles. The summed E-state index contributed by atoms with van der Waals surface area (Å²) in [6, 6.07) is 7.86. The van der Waals surface area contributed by atoms with E-state index in [0.717, 1.165) is 18.2 Å². The molecule has 0 aromatic heterocycles. The van der Waals surface area contributed by atoms with Crippen molar-refractivity contribution >= 4 is 11.5 Å². The Hall–Kier alpha value is -2.89. The lowest BCUT2D eigenvalue weighted by molar-refractivity contribution is 0.104. The average molecular weight is 303 g/mol. The summed E-state index contributed by atoms with van der Waals surface area (Å²) in [5.41, 5.74) is 0.639. The highest BCUT2D eigenvalue weighted by atomic mass is 19.1. The van der Waals surface area contributed by atoms with Gasteiger partial charge in [-0.3, -0.25) is 4.79 Å². The van der Waals surface area contributed by atoms with E-state index in [1.165, 1.54) is 12.3 Å². The zero-order valence-corrected chi connectivity index (χ0v) is 11.3. The number of ether oxygens (including phenoxy) is 2. The molecule has 0 fully saturated rings. The molecule has 0 spiro atoms. The van der Waals surface area contributed by atoms with Gasteiger partial charge >= 0.3 is 0 Å². The van der Waals surface area contributed by atoms with E-state index in [1.54, 1.807) is 18.2 Å². The first-order chi connectivity index (χ1) is 10.6. The first kappa shape index (κ1) is 14.1. The molecule has 0 atom stereocenters. The summed E-state index contributed by atoms with van der Waals surface area (Å²) in [6.45, 7) is 0.134. The average Bonchev–Trinajstić information content (AvgIpc) is 2.93. The molecule has 4 nitrogen and oxygen atoms in total. The predicted molar refractivity (Wildman–Crippen MR) is 76.0 cm³/mol. The molecule has 1 aliphatic rings. The van der Waals surface area contributed by atoms with Crippen LogP contribution in [0.4, 0.5) is 14.5 Å². The monoisotopic (exact) mass is 303 g/mol. The Labute approximate surface area is 125 Å². The van der Waals surface area contributed by atoms with Crippen molar-refractivity contribution in [2.24, 2.45) is 0 Å². The topological polar surface area (TPSA) is 47.6 Å². The number of fused-ring (bicyclic) bond motifs is 1. The first-order valence-corrected chi connectivity index (χ1v) is 6.45. The number of ketones is 1. The van der Waals surface area contributed by atoms with Crippen molar-refractivity contribution in [1.82, 2.24) is 0 Å². The molecular weight excluding hydrogens is 292 g/mol. The maximum absolute atomic E-state index is 13.0. The Balaban J connectivity index is 1.68. The Morgan fingerprint density at radius 1 is 1.05 bits per heavy atom. The molecule has 0 saturated heterocycles. The standard InChI is InChI=1S/C16H11F2NO3/c17-11-6-12(18)8-13(7-11)19-4-3-14(20)10-1-2-15-16(5-10)22-9-21-15/h1-8,19H,9H2. The first-order valence-electron chi connectivity index (χ1n) is 6.45. The van der Waals surface area contributed by atoms with Crippen LogP contribution in [0.25, 0.3) is 0 Å². The zero-order valence-electron chi connectivity index (χ0n) is 11.3. The minimum absolute atomic E-state index is 0.134. The van der Waals surface area contributed by atoms with Crippen molar-refractivity contribution in [2.45, 2.75) is 0 Å². The number of allylic oxidation sites excluding steroid dienone is 1. The molecule has 112 valence electrons. The molecule has 0 radical (unpaired) electrons. The number of carbonyl (C=O) groups is 1. The lowest BCUT2D eigenvalue weighted by Gasteiger charge is -2.02. The van der Waals surface area contributed by atoms with Crippen LogP contribution >= 0.6 is 0 Å². The van der Waals surface area contributed by atoms with Crippen LogP contribution in [0.3, 0.4) is 0 Å². The molecule has 0 saturated carbocycles. The van der Waals surface area contributed by atoms with Gasteiger partial charge in [0.15, 0.2) is 17.3 Å². The van der Waals surface area contributed by atoms with Crippen LogP contribution in [0.5, 0.6) is 11.5 Å². The van der Waals surface area contributed by atoms with Gasteiger partial charge in [0.1, 0.15) is 11.6 Å². The Morgan fingerprint density at radius 2 is 1.77 bits per heavy atom. The van der Waals surface area contributed by atoms with E-state index in [2.05, 4.69) is 5.32 Å². The molecular formula is C16H11F2NO3. The Bertz CT molecular complexity index is 739. The van der Waals surface area contributed by atoms with E-state index in [1.807, 2.05) is 0 Å². The molecule has 3 rings (SSSR count). The summed E-state index contributed by atoms with van der Waals surface area (Å²) < 4.78 is 36.4. The van der Waals surface area contributed by atoms with Crippen LogP contribution in [-0.4, -0.2) is 12.6 Å². The molecule has 22 heavy (non-hydrogen) atoms. The molecule has 1 aliphatic heterocycles. The molecule has 0 unspecified atom stereocenters. The van der Waals surface area contributed by atoms with Gasteiger partial charge in [0, 0.05) is 29.6 Å². The van der Waals surface area contributed by atoms with Gasteiger partial charge in [-0.2, -0.15) is 0 Å². The number of rotatable bonds is 4. The zero-order chi connectivity index (χ0) is 15.5. The third-order valence-electron chi connectivity index (χ3n) is 3.00. The van der Waals surface area contributed by atoms with Gasteiger partial charge in [0.2, 0.25) is 6.79 Å². The molecule has 0 amide bonds. The lowest BCUT2D eigenvalue weighted by atomic mass is 10.1. The van der Waals surface area contributed by atoms with Gasteiger partial charge < -0.3 is 14.8 Å². The van der Waals surface area contributed by atoms with Crippen molar-refractivity contribution in [3.8, 4) is 11.5 Å². The van der Waals surface area contributed by atoms with Crippen LogP contribution < -0.4 is 14.8 Å². The predicted octanol–water partition coefficient (Wildman–Crippen LogP) is 3.50. The quantitative estimate of drug-likeness (QED) is 0.693. The van der Waals surface area contributed by atoms with Gasteiger partial charge in [0.05, 0.1) is 0 Å². The van der Waals surface area contributed by atoms with Gasteiger partial charge in [-0.15, -0.1) is 0 Å². The molecule has 2 aromatic carbocycles. The number of hydrogen-bond donors (Lipinski definition) is 1. The highest BCUT2D eigenvalue weighted by molar-refractivity contribution is 6.05. The summed E-state index contributed by atoms with van der Waals surface area (Å²) in [5, 5.41) is 2.64. The molecule has 0 bridgehead atoms. The second-order valence-corrected chi connectivity index (χ2v) is 4.57. The van der Waals surface area contributed by atoms with Crippen molar-refractivity contribution in [3.05, 3.63) is 65.9 Å². The fourth-order valence-corrected chi connectivity index (χ4v) is 2.00. The third kappa shape index (κ3) is 3.06. The van der Waals surface area contributed by atoms with Crippen molar-refractivity contribution in [1.29, 1.82) is 0 Å². The summed E-state index contributed by atoms with van der Waals surface area (Å²) in [4.78, 5) is 12.0. The molecule has 6 heteroatoms. The van der Waals surface area contributed by atoms with Crippen molar-refractivity contribution in [2.75, 3.05) is 12.1 Å². The maximum atomic E-state index is 13.0. The minimum Gasteiger partial charge on any atom is -0.454 e. The summed E-state index contributed by atoms with van der Waals surface area (Å²) in [5.74, 6) is -0.563. The highest BCUT2D eigenvalue weighted by Gasteiger charge is 2.14. The number of anilines is 1. The fourth-order valence-electron chi connectivity index (χ4n) is 2.00. The molecule has 2 aromatic rings. The van der Waals surface area contributed by atoms with Gasteiger partial charge in [-0.25, -0.2) is 8.78 Å². The van der Waals surface area contributed by atoms with Crippen molar-refractivity contribution < 1.29 is 23.0 Å². The number of nitrogens with one attached hydrogen (secondary N) is 1. The Morgan fingerprint density at radius 3 is 2.55 bits per heavy atom. The van der Waals surface area contributed by atoms with Crippen molar-refractivity contribution in [3.63, 3.8) is 0 Å². The van der Waals surface area contributed by atoms with E-state index in [9.17, 15) is 13.6 Å². The second-order valence-electron chi connectivity index (χ2n) is 4.57. The normalized spacial score (nSPS) is 12.6. The lowest BCUT2D eigenvalue weighted by Crippen LogP contribution is -1.97. The SMILES string of the molecule is O=C(C=CNc1cc(F)cc(F)c1)c1ccc2c(c1)OCO2. The summed E-state index contributed by atoms with van der Waals surface area (Å²) in [6.07, 6.45) is 2.58. The molecule has 1 heterocycles. The van der Waals surface area contributed by atoms with E-state index < -0.39 is 11.6 Å². The van der Waals surface area contributed by atoms with E-state index >= 15 is 0 Å². The van der Waals surface area contributed by atoms with E-state index in [0.29, 0.717) is 17.1 Å². The number of benzene rings is 2. The van der Waals surface area contributed by atoms with Gasteiger partial charge in [0.25, 0.3) is 0 Å². The smallest absolute Gasteiger partial charge is 0.231 e. The van der Waals surface area contributed by atoms with Crippen LogP contribution in [0.15, 0.2) is 48.7 Å². The van der Waals surface area contributed by atoms with Crippen LogP contribution in [0.1, 0.15) is 10.4 Å². The van der Waals surface area contributed by atoms with E-state index in [4.69, 9.17) is 9.47 Å². The number of carbonyl (C=O) groups excluding carboxylic acids is 1. The number of hydrogen-bond acceptors (Lipinski definition) is 4. The van der Waals surface area contributed by atoms with Crippen LogP contribution in [-0.2, 0) is 0 Å². The van der Waals surface area contributed by atoms with Gasteiger partial charge in [-0.1, -0.05) is 0 Å². The highest BCUT2D eigenvalue weighted by Crippen LogP contribution is 2.32. The van der Waals surface area contributed by atoms with Crippen LogP contribution in [0.2, 0.25) is 0 Å². The minimum atomic E-state index is -0.696. The fraction of sp³-hybridized carbons (Fsp3) is 0.0625. The molecule has 1 N–H and O–H groups in total. The second kappa shape index (κ2) is 5.85. The van der Waals surface area contributed by atoms with Crippen LogP contribution in [0, 0.1) is 11.6 Å². The summed E-state index contributed by atoms with van der Waals surface area (Å²) >= 11 is 0. The maximum Gasteiger partial charge on any atom is 0.231 e. The third-order valence-corrected chi connectivity index (χ3v) is 3.00. The van der Waals surface area contributed by atoms with E-state index in [-0.39, 0.29) is 18.3 Å².